The summed E-state index contributed by atoms with van der Waals surface area (Å²) < 4.78 is 1.70. The summed E-state index contributed by atoms with van der Waals surface area (Å²) in [7, 11) is 1.78. The maximum absolute atomic E-state index is 11.9. The van der Waals surface area contributed by atoms with Crippen molar-refractivity contribution >= 4 is 5.96 Å². The zero-order valence-electron chi connectivity index (χ0n) is 17.9. The Hall–Kier alpha value is -3.34. The van der Waals surface area contributed by atoms with Gasteiger partial charge in [-0.3, -0.25) is 9.79 Å². The number of rotatable bonds is 7. The standard InChI is InChI=1S/C25H30N4O/c1-25(2,22-9-5-4-6-10-22)19-28-24(26-3)27-17-20-12-14-21(15-13-20)18-29-16-8-7-11-23(29)30/h4-16H,17-19H2,1-3H3,(H2,26,27,28). The molecular weight excluding hydrogens is 372 g/mol. The van der Waals surface area contributed by atoms with Crippen molar-refractivity contribution in [3.05, 3.63) is 106 Å². The number of guanidine groups is 1. The number of pyridine rings is 1. The third kappa shape index (κ3) is 5.83. The lowest BCUT2D eigenvalue weighted by Gasteiger charge is -2.26. The number of benzene rings is 2. The van der Waals surface area contributed by atoms with Gasteiger partial charge in [0.1, 0.15) is 0 Å². The van der Waals surface area contributed by atoms with E-state index in [1.165, 1.54) is 5.56 Å². The van der Waals surface area contributed by atoms with Gasteiger partial charge in [0.15, 0.2) is 5.96 Å². The largest absolute Gasteiger partial charge is 0.356 e. The molecule has 2 N–H and O–H groups in total. The fourth-order valence-electron chi connectivity index (χ4n) is 3.25. The molecule has 0 spiro atoms. The lowest BCUT2D eigenvalue weighted by atomic mass is 9.85. The molecule has 0 bridgehead atoms. The summed E-state index contributed by atoms with van der Waals surface area (Å²) in [5, 5.41) is 6.80. The van der Waals surface area contributed by atoms with Crippen molar-refractivity contribution in [1.29, 1.82) is 0 Å². The molecule has 0 aliphatic rings. The van der Waals surface area contributed by atoms with Gasteiger partial charge < -0.3 is 15.2 Å². The predicted octanol–water partition coefficient (Wildman–Crippen LogP) is 3.54. The first-order valence-electron chi connectivity index (χ1n) is 10.2. The normalized spacial score (nSPS) is 11.9. The van der Waals surface area contributed by atoms with Gasteiger partial charge in [0, 0.05) is 37.8 Å². The van der Waals surface area contributed by atoms with Crippen LogP contribution in [0.2, 0.25) is 0 Å². The molecule has 0 saturated heterocycles. The Bertz CT molecular complexity index is 1020. The summed E-state index contributed by atoms with van der Waals surface area (Å²) in [5.74, 6) is 0.777. The van der Waals surface area contributed by atoms with Gasteiger partial charge in [-0.2, -0.15) is 0 Å². The lowest BCUT2D eigenvalue weighted by Crippen LogP contribution is -2.43. The first-order chi connectivity index (χ1) is 14.5. The molecule has 1 aromatic heterocycles. The van der Waals surface area contributed by atoms with E-state index in [9.17, 15) is 4.79 Å². The van der Waals surface area contributed by atoms with Crippen molar-refractivity contribution in [1.82, 2.24) is 15.2 Å². The second-order valence-corrected chi connectivity index (χ2v) is 8.01. The second kappa shape index (κ2) is 9.92. The third-order valence-electron chi connectivity index (χ3n) is 5.21. The monoisotopic (exact) mass is 402 g/mol. The molecule has 0 saturated carbocycles. The lowest BCUT2D eigenvalue weighted by molar-refractivity contribution is 0.508. The van der Waals surface area contributed by atoms with E-state index < -0.39 is 0 Å². The van der Waals surface area contributed by atoms with Gasteiger partial charge in [-0.15, -0.1) is 0 Å². The van der Waals surface area contributed by atoms with Crippen molar-refractivity contribution in [2.75, 3.05) is 13.6 Å². The van der Waals surface area contributed by atoms with Crippen molar-refractivity contribution < 1.29 is 0 Å². The van der Waals surface area contributed by atoms with E-state index >= 15 is 0 Å². The minimum atomic E-state index is -0.00392. The zero-order valence-corrected chi connectivity index (χ0v) is 17.9. The van der Waals surface area contributed by atoms with E-state index in [4.69, 9.17) is 0 Å². The summed E-state index contributed by atoms with van der Waals surface area (Å²) in [6.45, 7) is 6.47. The molecule has 0 atom stereocenters. The van der Waals surface area contributed by atoms with Crippen LogP contribution in [0, 0.1) is 0 Å². The zero-order chi connectivity index (χ0) is 21.4. The van der Waals surface area contributed by atoms with Gasteiger partial charge in [0.05, 0.1) is 6.54 Å². The molecule has 2 aromatic carbocycles. The Morgan fingerprint density at radius 3 is 2.23 bits per heavy atom. The van der Waals surface area contributed by atoms with Crippen molar-refractivity contribution in [3.8, 4) is 0 Å². The maximum Gasteiger partial charge on any atom is 0.250 e. The predicted molar refractivity (Wildman–Crippen MR) is 124 cm³/mol. The quantitative estimate of drug-likeness (QED) is 0.469. The molecular formula is C25H30N4O. The minimum Gasteiger partial charge on any atom is -0.356 e. The maximum atomic E-state index is 11.9. The molecule has 1 heterocycles. The fourth-order valence-corrected chi connectivity index (χ4v) is 3.25. The molecule has 0 aliphatic heterocycles. The van der Waals surface area contributed by atoms with Crippen LogP contribution in [-0.2, 0) is 18.5 Å². The van der Waals surface area contributed by atoms with E-state index in [-0.39, 0.29) is 11.0 Å². The molecule has 3 rings (SSSR count). The smallest absolute Gasteiger partial charge is 0.250 e. The Labute approximate surface area is 178 Å². The van der Waals surface area contributed by atoms with Gasteiger partial charge in [0.2, 0.25) is 0 Å². The summed E-state index contributed by atoms with van der Waals surface area (Å²) in [4.78, 5) is 16.2. The van der Waals surface area contributed by atoms with Crippen LogP contribution in [0.4, 0.5) is 0 Å². The van der Waals surface area contributed by atoms with Crippen LogP contribution in [0.15, 0.2) is 88.8 Å². The highest BCUT2D eigenvalue weighted by Crippen LogP contribution is 2.21. The van der Waals surface area contributed by atoms with Crippen LogP contribution in [0.1, 0.15) is 30.5 Å². The molecule has 0 unspecified atom stereocenters. The van der Waals surface area contributed by atoms with Gasteiger partial charge in [-0.1, -0.05) is 74.5 Å². The van der Waals surface area contributed by atoms with E-state index in [0.717, 1.165) is 23.6 Å². The number of nitrogens with zero attached hydrogens (tertiary/aromatic N) is 2. The number of hydrogen-bond donors (Lipinski definition) is 2. The molecule has 5 heteroatoms. The average molecular weight is 403 g/mol. The van der Waals surface area contributed by atoms with Crippen molar-refractivity contribution in [2.45, 2.75) is 32.4 Å². The fraction of sp³-hybridized carbons (Fsp3) is 0.280. The molecule has 156 valence electrons. The van der Waals surface area contributed by atoms with Crippen LogP contribution in [-0.4, -0.2) is 24.1 Å². The number of hydrogen-bond acceptors (Lipinski definition) is 2. The molecule has 0 aliphatic carbocycles. The van der Waals surface area contributed by atoms with Crippen LogP contribution >= 0.6 is 0 Å². The molecule has 30 heavy (non-hydrogen) atoms. The Morgan fingerprint density at radius 2 is 1.57 bits per heavy atom. The highest BCUT2D eigenvalue weighted by atomic mass is 16.1. The van der Waals surface area contributed by atoms with Crippen LogP contribution in [0.3, 0.4) is 0 Å². The number of nitrogens with one attached hydrogen (secondary N) is 2. The summed E-state index contributed by atoms with van der Waals surface area (Å²) in [6, 6.07) is 24.0. The summed E-state index contributed by atoms with van der Waals surface area (Å²) in [6.07, 6.45) is 1.81. The van der Waals surface area contributed by atoms with E-state index in [2.05, 4.69) is 78.0 Å². The molecule has 0 fully saturated rings. The van der Waals surface area contributed by atoms with E-state index in [0.29, 0.717) is 13.1 Å². The first-order valence-corrected chi connectivity index (χ1v) is 10.2. The van der Waals surface area contributed by atoms with Crippen LogP contribution in [0.5, 0.6) is 0 Å². The molecule has 3 aromatic rings. The highest BCUT2D eigenvalue weighted by Gasteiger charge is 2.20. The molecule has 5 nitrogen and oxygen atoms in total. The van der Waals surface area contributed by atoms with Crippen LogP contribution in [0.25, 0.3) is 0 Å². The van der Waals surface area contributed by atoms with Gasteiger partial charge in [-0.25, -0.2) is 0 Å². The Morgan fingerprint density at radius 1 is 0.900 bits per heavy atom. The van der Waals surface area contributed by atoms with Gasteiger partial charge >= 0.3 is 0 Å². The van der Waals surface area contributed by atoms with Crippen molar-refractivity contribution in [2.24, 2.45) is 4.99 Å². The number of aliphatic imine (C=N–C) groups is 1. The summed E-state index contributed by atoms with van der Waals surface area (Å²) >= 11 is 0. The van der Waals surface area contributed by atoms with Gasteiger partial charge in [0.25, 0.3) is 5.56 Å². The van der Waals surface area contributed by atoms with Crippen molar-refractivity contribution in [3.63, 3.8) is 0 Å². The average Bonchev–Trinajstić information content (AvgIpc) is 2.77. The highest BCUT2D eigenvalue weighted by molar-refractivity contribution is 5.79. The Balaban J connectivity index is 1.52. The third-order valence-corrected chi connectivity index (χ3v) is 5.21. The molecule has 0 amide bonds. The summed E-state index contributed by atoms with van der Waals surface area (Å²) in [5.41, 5.74) is 3.55. The van der Waals surface area contributed by atoms with E-state index in [1.54, 1.807) is 23.7 Å². The second-order valence-electron chi connectivity index (χ2n) is 8.01. The topological polar surface area (TPSA) is 58.4 Å². The van der Waals surface area contributed by atoms with E-state index in [1.807, 2.05) is 18.3 Å². The van der Waals surface area contributed by atoms with Crippen LogP contribution < -0.4 is 16.2 Å². The first kappa shape index (κ1) is 21.4. The molecule has 0 radical (unpaired) electrons. The van der Waals surface area contributed by atoms with Gasteiger partial charge in [-0.05, 0) is 22.8 Å². The Kier molecular flexibility index (Phi) is 7.07. The SMILES string of the molecule is CN=C(NCc1ccc(Cn2ccccc2=O)cc1)NCC(C)(C)c1ccccc1. The number of aromatic nitrogens is 1. The minimum absolute atomic E-state index is 0.00392.